The predicted molar refractivity (Wildman–Crippen MR) is 168 cm³/mol. The third-order valence-corrected chi connectivity index (χ3v) is 9.70. The van der Waals surface area contributed by atoms with Gasteiger partial charge in [-0.15, -0.1) is 0 Å². The normalized spacial score (nSPS) is 26.9. The van der Waals surface area contributed by atoms with E-state index in [4.69, 9.17) is 10.2 Å². The molecule has 2 aromatic carbocycles. The highest BCUT2D eigenvalue weighted by Gasteiger charge is 2.67. The Morgan fingerprint density at radius 2 is 1.85 bits per heavy atom. The average molecular weight is 650 g/mol. The number of hydrogen-bond acceptors (Lipinski definition) is 12. The summed E-state index contributed by atoms with van der Waals surface area (Å²) in [4.78, 5) is 47.7. The lowest BCUT2D eigenvalue weighted by Gasteiger charge is -2.53. The molecule has 7 N–H and O–H groups in total. The molecule has 3 unspecified atom stereocenters. The number of likely N-dealkylation sites (N-methyl/N-ethyl adjacent to an activating group) is 1. The van der Waals surface area contributed by atoms with Crippen molar-refractivity contribution in [3.8, 4) is 17.0 Å². The molecule has 2 fully saturated rings. The van der Waals surface area contributed by atoms with Gasteiger partial charge in [0.25, 0.3) is 6.01 Å². The van der Waals surface area contributed by atoms with E-state index >= 15 is 0 Å². The van der Waals surface area contributed by atoms with Gasteiger partial charge in [-0.1, -0.05) is 0 Å². The molecule has 1 amide bonds. The van der Waals surface area contributed by atoms with Gasteiger partial charge < -0.3 is 45.7 Å². The van der Waals surface area contributed by atoms with Gasteiger partial charge in [-0.3, -0.25) is 14.4 Å². The molecule has 47 heavy (non-hydrogen) atoms. The van der Waals surface area contributed by atoms with E-state index in [1.54, 1.807) is 56.2 Å². The molecule has 0 saturated heterocycles. The number of aliphatic hydroxyl groups is 3. The molecule has 0 bridgehead atoms. The average Bonchev–Trinajstić information content (AvgIpc) is 3.47. The molecule has 3 aliphatic rings. The van der Waals surface area contributed by atoms with Crippen LogP contribution in [0, 0.1) is 23.6 Å². The van der Waals surface area contributed by atoms with Crippen LogP contribution in [0.5, 0.6) is 5.75 Å². The van der Waals surface area contributed by atoms with Gasteiger partial charge in [0.05, 0.1) is 11.7 Å². The smallest absolute Gasteiger partial charge is 0.295 e. The number of halogens is 1. The number of anilines is 2. The Labute approximate surface area is 269 Å². The number of Topliss-reactive ketones (excluding diaryl/α,β-unsaturated/α-hetero) is 2. The summed E-state index contributed by atoms with van der Waals surface area (Å²) in [6, 6.07) is 6.59. The SMILES string of the molecule is CN(C)c1cc(CNc2nc(-c3ccc(F)cc3)co2)c(O)c2c1C[C@@H]1C[C@@H]3C(N(C)C)C(O)C(C(N)=O)C(=O)[C@]3(O)C(=O)C1=C2O. The highest BCUT2D eigenvalue weighted by atomic mass is 19.1. The van der Waals surface area contributed by atoms with Crippen LogP contribution in [0.2, 0.25) is 0 Å². The number of aromatic hydroxyl groups is 1. The number of aromatic nitrogens is 1. The first-order chi connectivity index (χ1) is 22.2. The van der Waals surface area contributed by atoms with Crippen molar-refractivity contribution in [3.63, 3.8) is 0 Å². The number of carbonyl (C=O) groups is 3. The number of primary amides is 1. The summed E-state index contributed by atoms with van der Waals surface area (Å²) in [6.45, 7) is -0.0174. The fourth-order valence-electron chi connectivity index (χ4n) is 7.52. The van der Waals surface area contributed by atoms with Crippen LogP contribution in [0.1, 0.15) is 23.1 Å². The Morgan fingerprint density at radius 3 is 2.47 bits per heavy atom. The summed E-state index contributed by atoms with van der Waals surface area (Å²) in [6.07, 6.45) is 0.0308. The van der Waals surface area contributed by atoms with E-state index in [0.717, 1.165) is 0 Å². The van der Waals surface area contributed by atoms with Gasteiger partial charge >= 0.3 is 0 Å². The fraction of sp³-hybridized carbons (Fsp3) is 0.394. The molecule has 3 aromatic rings. The Balaban J connectivity index is 1.39. The van der Waals surface area contributed by atoms with E-state index in [9.17, 15) is 39.2 Å². The first-order valence-electron chi connectivity index (χ1n) is 15.1. The van der Waals surface area contributed by atoms with Crippen molar-refractivity contribution in [2.45, 2.75) is 37.1 Å². The second kappa shape index (κ2) is 11.5. The number of nitrogens with two attached hydrogens (primary N) is 1. The lowest BCUT2D eigenvalue weighted by molar-refractivity contribution is -0.184. The molecule has 1 heterocycles. The Hall–Kier alpha value is -4.79. The zero-order valence-corrected chi connectivity index (χ0v) is 26.2. The second-order valence-electron chi connectivity index (χ2n) is 12.8. The summed E-state index contributed by atoms with van der Waals surface area (Å²) < 4.78 is 18.9. The predicted octanol–water partition coefficient (Wildman–Crippen LogP) is 1.60. The van der Waals surface area contributed by atoms with E-state index in [-0.39, 0.29) is 48.1 Å². The second-order valence-corrected chi connectivity index (χ2v) is 12.8. The van der Waals surface area contributed by atoms with Gasteiger partial charge in [0.2, 0.25) is 11.7 Å². The van der Waals surface area contributed by atoms with Gasteiger partial charge in [-0.25, -0.2) is 4.39 Å². The van der Waals surface area contributed by atoms with Crippen LogP contribution in [0.3, 0.4) is 0 Å². The van der Waals surface area contributed by atoms with Crippen LogP contribution >= 0.6 is 0 Å². The molecular weight excluding hydrogens is 613 g/mol. The van der Waals surface area contributed by atoms with Crippen molar-refractivity contribution in [1.29, 1.82) is 0 Å². The Bertz CT molecular complexity index is 1820. The van der Waals surface area contributed by atoms with Crippen molar-refractivity contribution < 1.29 is 43.6 Å². The third-order valence-electron chi connectivity index (χ3n) is 9.70. The molecule has 0 radical (unpaired) electrons. The van der Waals surface area contributed by atoms with Gasteiger partial charge in [-0.2, -0.15) is 4.98 Å². The number of nitrogens with one attached hydrogen (secondary N) is 1. The number of phenols is 1. The van der Waals surface area contributed by atoms with Crippen LogP contribution in [-0.2, 0) is 27.3 Å². The molecule has 248 valence electrons. The summed E-state index contributed by atoms with van der Waals surface area (Å²) in [7, 11) is 6.78. The minimum Gasteiger partial charge on any atom is -0.507 e. The van der Waals surface area contributed by atoms with Crippen molar-refractivity contribution >= 4 is 34.9 Å². The van der Waals surface area contributed by atoms with Crippen molar-refractivity contribution in [2.24, 2.45) is 23.5 Å². The lowest BCUT2D eigenvalue weighted by atomic mass is 9.54. The van der Waals surface area contributed by atoms with Crippen molar-refractivity contribution in [2.75, 3.05) is 38.4 Å². The quantitative estimate of drug-likeness (QED) is 0.202. The third kappa shape index (κ3) is 4.94. The van der Waals surface area contributed by atoms with E-state index in [1.165, 1.54) is 18.4 Å². The van der Waals surface area contributed by atoms with E-state index < -0.39 is 58.7 Å². The standard InChI is InChI=1S/C33H36FN5O8/c1-38(2)21-11-16(12-36-32-37-20(13-47-32)14-5-7-17(34)8-6-14)26(40)23-18(21)9-15-10-19-25(39(3)4)28(42)24(31(35)45)30(44)33(19,46)29(43)22(15)27(23)41/h5-8,11,13,15,19,24-25,28,40-42,46H,9-10,12H2,1-4H3,(H2,35,45)(H,36,37)/t15-,19-,24?,25?,28?,33-/m1/s1. The number of benzene rings is 2. The summed E-state index contributed by atoms with van der Waals surface area (Å²) in [5.74, 6) is -8.39. The van der Waals surface area contributed by atoms with E-state index in [2.05, 4.69) is 10.3 Å². The summed E-state index contributed by atoms with van der Waals surface area (Å²) in [5, 5.41) is 49.1. The van der Waals surface area contributed by atoms with Gasteiger partial charge in [0.1, 0.15) is 35.2 Å². The topological polar surface area (TPSA) is 203 Å². The number of rotatable bonds is 7. The maximum Gasteiger partial charge on any atom is 0.295 e. The van der Waals surface area contributed by atoms with Crippen LogP contribution in [0.4, 0.5) is 16.1 Å². The number of amides is 1. The monoisotopic (exact) mass is 649 g/mol. The number of oxazole rings is 1. The molecule has 0 aliphatic heterocycles. The maximum absolute atomic E-state index is 14.2. The lowest BCUT2D eigenvalue weighted by Crippen LogP contribution is -2.73. The van der Waals surface area contributed by atoms with Gasteiger partial charge in [0, 0.05) is 55.0 Å². The van der Waals surface area contributed by atoms with E-state index in [1.807, 2.05) is 0 Å². The fourth-order valence-corrected chi connectivity index (χ4v) is 7.52. The Kier molecular flexibility index (Phi) is 7.85. The minimum absolute atomic E-state index is 0.0174. The molecule has 14 heteroatoms. The Morgan fingerprint density at radius 1 is 1.17 bits per heavy atom. The largest absolute Gasteiger partial charge is 0.507 e. The van der Waals surface area contributed by atoms with Crippen LogP contribution in [-0.4, -0.2) is 93.7 Å². The van der Waals surface area contributed by atoms with Gasteiger partial charge in [-0.05, 0) is 68.8 Å². The van der Waals surface area contributed by atoms with Crippen molar-refractivity contribution in [1.82, 2.24) is 9.88 Å². The molecule has 2 saturated carbocycles. The maximum atomic E-state index is 14.2. The number of fused-ring (bicyclic) bond motifs is 3. The van der Waals surface area contributed by atoms with Gasteiger partial charge in [0.15, 0.2) is 11.4 Å². The molecule has 3 aliphatic carbocycles. The first-order valence-corrected chi connectivity index (χ1v) is 15.1. The van der Waals surface area contributed by atoms with Crippen LogP contribution in [0.25, 0.3) is 17.0 Å². The summed E-state index contributed by atoms with van der Waals surface area (Å²) >= 11 is 0. The van der Waals surface area contributed by atoms with Crippen LogP contribution in [0.15, 0.2) is 46.6 Å². The minimum atomic E-state index is -2.74. The number of aliphatic hydroxyl groups excluding tert-OH is 2. The summed E-state index contributed by atoms with van der Waals surface area (Å²) in [5.41, 5.74) is 5.06. The molecule has 0 spiro atoms. The molecule has 6 rings (SSSR count). The van der Waals surface area contributed by atoms with Crippen molar-refractivity contribution in [3.05, 3.63) is 64.7 Å². The number of nitrogens with zero attached hydrogens (tertiary/aromatic N) is 3. The highest BCUT2D eigenvalue weighted by molar-refractivity contribution is 6.25. The first kappa shape index (κ1) is 32.2. The highest BCUT2D eigenvalue weighted by Crippen LogP contribution is 2.53. The molecule has 1 aromatic heterocycles. The molecular formula is C33H36FN5O8. The zero-order valence-electron chi connectivity index (χ0n) is 26.2. The zero-order chi connectivity index (χ0) is 34.1. The van der Waals surface area contributed by atoms with E-state index in [0.29, 0.717) is 28.1 Å². The molecule has 13 nitrogen and oxygen atoms in total. The molecule has 6 atom stereocenters. The van der Waals surface area contributed by atoms with Crippen LogP contribution < -0.4 is 16.0 Å². The number of phenolic OH excluding ortho intramolecular Hbond substituents is 1. The number of ketones is 2. The number of carbonyl (C=O) groups excluding carboxylic acids is 3. The number of hydrogen-bond donors (Lipinski definition) is 6.